The largest absolute Gasteiger partial charge is 0.392 e. The summed E-state index contributed by atoms with van der Waals surface area (Å²) in [5.74, 6) is 0. The van der Waals surface area contributed by atoms with E-state index in [2.05, 4.69) is 31.5 Å². The normalized spacial score (nSPS) is 5.80. The van der Waals surface area contributed by atoms with Crippen molar-refractivity contribution in [3.05, 3.63) is 36.8 Å². The van der Waals surface area contributed by atoms with Crippen LogP contribution in [0.2, 0.25) is 0 Å². The lowest BCUT2D eigenvalue weighted by molar-refractivity contribution is 0.343. The first-order chi connectivity index (χ1) is 4.83. The zero-order valence-corrected chi connectivity index (χ0v) is 6.43. The van der Waals surface area contributed by atoms with Crippen LogP contribution in [0.15, 0.2) is 36.8 Å². The minimum atomic E-state index is 0.0451. The molecule has 1 nitrogen and oxygen atoms in total. The number of aliphatic hydroxyl groups is 1. The average molecular weight is 138 g/mol. The van der Waals surface area contributed by atoms with E-state index in [0.717, 1.165) is 6.42 Å². The molecular formula is C9H14O. The number of allylic oxidation sites excluding steroid dienone is 1. The summed E-state index contributed by atoms with van der Waals surface area (Å²) in [4.78, 5) is 0. The Morgan fingerprint density at radius 2 is 1.80 bits per heavy atom. The van der Waals surface area contributed by atoms with Crippen molar-refractivity contribution in [1.29, 1.82) is 0 Å². The standard InChI is InChI=1S/C5H8.C4H6O/c1-3-5-4-2;1-2-3-4-5/h5H,1,4H2,2H3;3,5H,1,4H2. The zero-order chi connectivity index (χ0) is 8.24. The summed E-state index contributed by atoms with van der Waals surface area (Å²) >= 11 is 0. The van der Waals surface area contributed by atoms with Crippen LogP contribution in [0.25, 0.3) is 0 Å². The van der Waals surface area contributed by atoms with Gasteiger partial charge < -0.3 is 5.11 Å². The summed E-state index contributed by atoms with van der Waals surface area (Å²) in [6, 6.07) is 0. The topological polar surface area (TPSA) is 20.2 Å². The molecule has 0 unspecified atom stereocenters. The Kier molecular flexibility index (Phi) is 18.4. The summed E-state index contributed by atoms with van der Waals surface area (Å²) < 4.78 is 0. The van der Waals surface area contributed by atoms with Crippen molar-refractivity contribution in [2.75, 3.05) is 6.61 Å². The van der Waals surface area contributed by atoms with E-state index in [1.807, 2.05) is 6.08 Å². The third-order valence-electron chi connectivity index (χ3n) is 0.584. The molecule has 0 aliphatic heterocycles. The van der Waals surface area contributed by atoms with Gasteiger partial charge in [0.25, 0.3) is 0 Å². The molecule has 0 fully saturated rings. The van der Waals surface area contributed by atoms with Gasteiger partial charge in [0.15, 0.2) is 0 Å². The summed E-state index contributed by atoms with van der Waals surface area (Å²) in [5, 5.41) is 7.91. The van der Waals surface area contributed by atoms with Crippen LogP contribution in [-0.2, 0) is 0 Å². The van der Waals surface area contributed by atoms with Crippen LogP contribution >= 0.6 is 0 Å². The van der Waals surface area contributed by atoms with Crippen LogP contribution in [0.3, 0.4) is 0 Å². The first-order valence-corrected chi connectivity index (χ1v) is 3.12. The lowest BCUT2D eigenvalue weighted by atomic mass is 10.5. The second kappa shape index (κ2) is 15.7. The monoisotopic (exact) mass is 138 g/mol. The molecule has 0 saturated carbocycles. The fraction of sp³-hybridized carbons (Fsp3) is 0.333. The highest BCUT2D eigenvalue weighted by molar-refractivity contribution is 4.73. The van der Waals surface area contributed by atoms with Gasteiger partial charge in [-0.1, -0.05) is 20.1 Å². The Labute approximate surface area is 62.7 Å². The van der Waals surface area contributed by atoms with Crippen molar-refractivity contribution >= 4 is 0 Å². The SMILES string of the molecule is C=C=CCC.C=C=CCO. The first kappa shape index (κ1) is 11.8. The van der Waals surface area contributed by atoms with E-state index >= 15 is 0 Å². The summed E-state index contributed by atoms with van der Waals surface area (Å²) in [6.45, 7) is 8.68. The summed E-state index contributed by atoms with van der Waals surface area (Å²) in [5.41, 5.74) is 5.03. The number of hydrogen-bond donors (Lipinski definition) is 1. The van der Waals surface area contributed by atoms with Gasteiger partial charge in [-0.15, -0.1) is 11.5 Å². The zero-order valence-electron chi connectivity index (χ0n) is 6.43. The molecule has 0 spiro atoms. The van der Waals surface area contributed by atoms with Gasteiger partial charge in [0.2, 0.25) is 0 Å². The number of hydrogen-bond acceptors (Lipinski definition) is 1. The molecule has 0 aliphatic rings. The second-order valence-corrected chi connectivity index (χ2v) is 1.41. The van der Waals surface area contributed by atoms with E-state index in [1.165, 1.54) is 6.08 Å². The fourth-order valence-corrected chi connectivity index (χ4v) is 0.209. The smallest absolute Gasteiger partial charge is 0.0686 e. The molecule has 0 amide bonds. The molecule has 0 aromatic carbocycles. The molecule has 1 heteroatoms. The maximum absolute atomic E-state index is 7.91. The third kappa shape index (κ3) is 28.0. The van der Waals surface area contributed by atoms with Gasteiger partial charge in [-0.05, 0) is 18.6 Å². The number of rotatable bonds is 2. The minimum Gasteiger partial charge on any atom is -0.392 e. The maximum atomic E-state index is 7.91. The molecule has 0 aromatic heterocycles. The van der Waals surface area contributed by atoms with Gasteiger partial charge >= 0.3 is 0 Å². The Balaban J connectivity index is 0. The van der Waals surface area contributed by atoms with Crippen molar-refractivity contribution in [3.8, 4) is 0 Å². The van der Waals surface area contributed by atoms with Gasteiger partial charge in [0.05, 0.1) is 6.61 Å². The molecular weight excluding hydrogens is 124 g/mol. The van der Waals surface area contributed by atoms with Gasteiger partial charge in [0.1, 0.15) is 0 Å². The summed E-state index contributed by atoms with van der Waals surface area (Å²) in [6.07, 6.45) is 4.38. The highest BCUT2D eigenvalue weighted by Crippen LogP contribution is 1.69. The van der Waals surface area contributed by atoms with E-state index in [9.17, 15) is 0 Å². The van der Waals surface area contributed by atoms with Crippen molar-refractivity contribution in [2.24, 2.45) is 0 Å². The fourth-order valence-electron chi connectivity index (χ4n) is 0.209. The van der Waals surface area contributed by atoms with Crippen molar-refractivity contribution in [3.63, 3.8) is 0 Å². The van der Waals surface area contributed by atoms with Crippen LogP contribution < -0.4 is 0 Å². The van der Waals surface area contributed by atoms with Gasteiger partial charge in [-0.25, -0.2) is 0 Å². The second-order valence-electron chi connectivity index (χ2n) is 1.41. The predicted octanol–water partition coefficient (Wildman–Crippen LogP) is 2.06. The first-order valence-electron chi connectivity index (χ1n) is 3.12. The van der Waals surface area contributed by atoms with E-state index in [0.29, 0.717) is 0 Å². The minimum absolute atomic E-state index is 0.0451. The van der Waals surface area contributed by atoms with Crippen molar-refractivity contribution in [1.82, 2.24) is 0 Å². The van der Waals surface area contributed by atoms with Crippen LogP contribution in [0.1, 0.15) is 13.3 Å². The lowest BCUT2D eigenvalue weighted by Gasteiger charge is -1.61. The molecule has 0 rings (SSSR count). The third-order valence-corrected chi connectivity index (χ3v) is 0.584. The molecule has 0 saturated heterocycles. The maximum Gasteiger partial charge on any atom is 0.0686 e. The molecule has 0 aromatic rings. The van der Waals surface area contributed by atoms with Crippen molar-refractivity contribution < 1.29 is 5.11 Å². The highest BCUT2D eigenvalue weighted by atomic mass is 16.2. The van der Waals surface area contributed by atoms with Gasteiger partial charge in [-0.3, -0.25) is 0 Å². The van der Waals surface area contributed by atoms with Crippen LogP contribution in [0.4, 0.5) is 0 Å². The average Bonchev–Trinajstić information content (AvgIpc) is 1.93. The van der Waals surface area contributed by atoms with Crippen LogP contribution in [0, 0.1) is 0 Å². The van der Waals surface area contributed by atoms with Crippen LogP contribution in [-0.4, -0.2) is 11.7 Å². The Hall–Kier alpha value is -1.00. The van der Waals surface area contributed by atoms with E-state index in [4.69, 9.17) is 5.11 Å². The quantitative estimate of drug-likeness (QED) is 0.579. The highest BCUT2D eigenvalue weighted by Gasteiger charge is 1.50. The lowest BCUT2D eigenvalue weighted by Crippen LogP contribution is -1.63. The van der Waals surface area contributed by atoms with Crippen molar-refractivity contribution in [2.45, 2.75) is 13.3 Å². The molecule has 0 aliphatic carbocycles. The molecule has 56 valence electrons. The number of aliphatic hydroxyl groups excluding tert-OH is 1. The van der Waals surface area contributed by atoms with Gasteiger partial charge in [0, 0.05) is 0 Å². The Morgan fingerprint density at radius 1 is 1.30 bits per heavy atom. The van der Waals surface area contributed by atoms with Crippen LogP contribution in [0.5, 0.6) is 0 Å². The molecule has 0 atom stereocenters. The van der Waals surface area contributed by atoms with E-state index in [-0.39, 0.29) is 6.61 Å². The Bertz CT molecular complexity index is 117. The van der Waals surface area contributed by atoms with Gasteiger partial charge in [-0.2, -0.15) is 0 Å². The molecule has 0 heterocycles. The Morgan fingerprint density at radius 3 is 1.80 bits per heavy atom. The molecule has 0 radical (unpaired) electrons. The van der Waals surface area contributed by atoms with E-state index < -0.39 is 0 Å². The molecule has 1 N–H and O–H groups in total. The predicted molar refractivity (Wildman–Crippen MR) is 44.8 cm³/mol. The van der Waals surface area contributed by atoms with E-state index in [1.54, 1.807) is 0 Å². The molecule has 10 heavy (non-hydrogen) atoms. The summed E-state index contributed by atoms with van der Waals surface area (Å²) in [7, 11) is 0. The molecule has 0 bridgehead atoms.